The van der Waals surface area contributed by atoms with Crippen LogP contribution in [0.3, 0.4) is 0 Å². The van der Waals surface area contributed by atoms with Gasteiger partial charge in [-0.2, -0.15) is 0 Å². The van der Waals surface area contributed by atoms with Crippen molar-refractivity contribution in [2.24, 2.45) is 0 Å². The highest BCUT2D eigenvalue weighted by molar-refractivity contribution is 6.22. The summed E-state index contributed by atoms with van der Waals surface area (Å²) in [6.07, 6.45) is 0. The van der Waals surface area contributed by atoms with E-state index in [1.807, 2.05) is 18.2 Å². The molecular weight excluding hydrogens is 318 g/mol. The van der Waals surface area contributed by atoms with Gasteiger partial charge < -0.3 is 10.6 Å². The molecule has 6 nitrogen and oxygen atoms in total. The van der Waals surface area contributed by atoms with Crippen molar-refractivity contribution in [3.05, 3.63) is 59.7 Å². The number of rotatable bonds is 2. The van der Waals surface area contributed by atoms with Crippen molar-refractivity contribution in [1.82, 2.24) is 4.90 Å². The molecule has 4 amide bonds. The zero-order valence-electron chi connectivity index (χ0n) is 14.3. The standard InChI is InChI=1S/C19H19N3O3/c1-19(2,3)22-16(23)14-10-9-13(11-15(14)17(22)24)21-18(25)20-12-7-5-4-6-8-12/h4-11H,1-3H3,(H2,20,21,25). The van der Waals surface area contributed by atoms with E-state index in [1.165, 1.54) is 11.0 Å². The Hall–Kier alpha value is -3.15. The Balaban J connectivity index is 1.79. The highest BCUT2D eigenvalue weighted by atomic mass is 16.2. The van der Waals surface area contributed by atoms with E-state index < -0.39 is 11.6 Å². The van der Waals surface area contributed by atoms with Gasteiger partial charge in [0.1, 0.15) is 0 Å². The average molecular weight is 337 g/mol. The molecular formula is C19H19N3O3. The first-order chi connectivity index (χ1) is 11.8. The van der Waals surface area contributed by atoms with Gasteiger partial charge in [0.25, 0.3) is 11.8 Å². The molecule has 0 aromatic heterocycles. The molecule has 2 aromatic carbocycles. The van der Waals surface area contributed by atoms with Crippen LogP contribution in [-0.4, -0.2) is 28.3 Å². The number of carbonyl (C=O) groups excluding carboxylic acids is 3. The van der Waals surface area contributed by atoms with Crippen LogP contribution in [0.2, 0.25) is 0 Å². The third kappa shape index (κ3) is 3.24. The average Bonchev–Trinajstić information content (AvgIpc) is 2.79. The van der Waals surface area contributed by atoms with E-state index >= 15 is 0 Å². The second-order valence-electron chi connectivity index (χ2n) is 6.82. The predicted molar refractivity (Wildman–Crippen MR) is 95.8 cm³/mol. The van der Waals surface area contributed by atoms with Crippen molar-refractivity contribution in [3.63, 3.8) is 0 Å². The number of para-hydroxylation sites is 1. The van der Waals surface area contributed by atoms with Gasteiger partial charge in [-0.05, 0) is 51.1 Å². The summed E-state index contributed by atoms with van der Waals surface area (Å²) >= 11 is 0. The van der Waals surface area contributed by atoms with Crippen molar-refractivity contribution in [3.8, 4) is 0 Å². The van der Waals surface area contributed by atoms with E-state index in [1.54, 1.807) is 45.0 Å². The first-order valence-electron chi connectivity index (χ1n) is 7.93. The van der Waals surface area contributed by atoms with Gasteiger partial charge in [0, 0.05) is 16.9 Å². The van der Waals surface area contributed by atoms with Crippen molar-refractivity contribution >= 4 is 29.2 Å². The second-order valence-corrected chi connectivity index (χ2v) is 6.82. The van der Waals surface area contributed by atoms with Gasteiger partial charge in [-0.3, -0.25) is 14.5 Å². The lowest BCUT2D eigenvalue weighted by Crippen LogP contribution is -2.45. The van der Waals surface area contributed by atoms with Crippen molar-refractivity contribution in [2.45, 2.75) is 26.3 Å². The molecule has 0 bridgehead atoms. The van der Waals surface area contributed by atoms with E-state index in [0.717, 1.165) is 0 Å². The number of fused-ring (bicyclic) bond motifs is 1. The normalized spacial score (nSPS) is 13.6. The van der Waals surface area contributed by atoms with Gasteiger partial charge in [-0.15, -0.1) is 0 Å². The molecule has 3 rings (SSSR count). The number of amides is 4. The number of hydrogen-bond acceptors (Lipinski definition) is 3. The van der Waals surface area contributed by atoms with Gasteiger partial charge >= 0.3 is 6.03 Å². The Morgan fingerprint density at radius 3 is 2.08 bits per heavy atom. The fourth-order valence-corrected chi connectivity index (χ4v) is 2.74. The fourth-order valence-electron chi connectivity index (χ4n) is 2.74. The number of anilines is 2. The van der Waals surface area contributed by atoms with Crippen LogP contribution in [0.5, 0.6) is 0 Å². The number of imide groups is 1. The number of nitrogens with zero attached hydrogens (tertiary/aromatic N) is 1. The summed E-state index contributed by atoms with van der Waals surface area (Å²) in [4.78, 5) is 38.3. The van der Waals surface area contributed by atoms with Gasteiger partial charge in [0.05, 0.1) is 11.1 Å². The van der Waals surface area contributed by atoms with E-state index in [2.05, 4.69) is 10.6 Å². The highest BCUT2D eigenvalue weighted by Gasteiger charge is 2.41. The molecule has 25 heavy (non-hydrogen) atoms. The van der Waals surface area contributed by atoms with Crippen molar-refractivity contribution in [1.29, 1.82) is 0 Å². The summed E-state index contributed by atoms with van der Waals surface area (Å²) < 4.78 is 0. The first kappa shape index (κ1) is 16.7. The minimum Gasteiger partial charge on any atom is -0.308 e. The Morgan fingerprint density at radius 2 is 1.44 bits per heavy atom. The Kier molecular flexibility index (Phi) is 4.04. The summed E-state index contributed by atoms with van der Waals surface area (Å²) in [7, 11) is 0. The van der Waals surface area contributed by atoms with E-state index in [4.69, 9.17) is 0 Å². The van der Waals surface area contributed by atoms with Crippen molar-refractivity contribution in [2.75, 3.05) is 10.6 Å². The zero-order chi connectivity index (χ0) is 18.2. The Bertz CT molecular complexity index is 854. The maximum absolute atomic E-state index is 12.6. The number of nitrogens with one attached hydrogen (secondary N) is 2. The smallest absolute Gasteiger partial charge is 0.308 e. The first-order valence-corrected chi connectivity index (χ1v) is 7.93. The van der Waals surface area contributed by atoms with Gasteiger partial charge in [0.2, 0.25) is 0 Å². The quantitative estimate of drug-likeness (QED) is 0.820. The lowest BCUT2D eigenvalue weighted by molar-refractivity contribution is 0.0508. The topological polar surface area (TPSA) is 78.5 Å². The third-order valence-electron chi connectivity index (χ3n) is 3.85. The largest absolute Gasteiger partial charge is 0.323 e. The number of hydrogen-bond donors (Lipinski definition) is 2. The second kappa shape index (κ2) is 6.05. The Morgan fingerprint density at radius 1 is 0.840 bits per heavy atom. The van der Waals surface area contributed by atoms with E-state index in [0.29, 0.717) is 22.5 Å². The van der Waals surface area contributed by atoms with Crippen LogP contribution in [0.4, 0.5) is 16.2 Å². The van der Waals surface area contributed by atoms with Crippen molar-refractivity contribution < 1.29 is 14.4 Å². The molecule has 1 aliphatic heterocycles. The molecule has 0 saturated carbocycles. The minimum absolute atomic E-state index is 0.303. The van der Waals surface area contributed by atoms with Crippen LogP contribution in [0.1, 0.15) is 41.5 Å². The summed E-state index contributed by atoms with van der Waals surface area (Å²) in [5.41, 5.74) is 1.16. The summed E-state index contributed by atoms with van der Waals surface area (Å²) in [5, 5.41) is 5.38. The molecule has 2 aromatic rings. The number of benzene rings is 2. The van der Waals surface area contributed by atoms with E-state index in [-0.39, 0.29) is 11.8 Å². The van der Waals surface area contributed by atoms with Gasteiger partial charge in [-0.25, -0.2) is 4.79 Å². The number of carbonyl (C=O) groups is 3. The van der Waals surface area contributed by atoms with Crippen LogP contribution in [0.25, 0.3) is 0 Å². The predicted octanol–water partition coefficient (Wildman–Crippen LogP) is 3.73. The maximum atomic E-state index is 12.6. The van der Waals surface area contributed by atoms with Crippen LogP contribution in [0.15, 0.2) is 48.5 Å². The monoisotopic (exact) mass is 337 g/mol. The molecule has 6 heteroatoms. The third-order valence-corrected chi connectivity index (χ3v) is 3.85. The van der Waals surface area contributed by atoms with Crippen LogP contribution in [0, 0.1) is 0 Å². The van der Waals surface area contributed by atoms with E-state index in [9.17, 15) is 14.4 Å². The molecule has 2 N–H and O–H groups in total. The SMILES string of the molecule is CC(C)(C)N1C(=O)c2ccc(NC(=O)Nc3ccccc3)cc2C1=O. The van der Waals surface area contributed by atoms with Crippen LogP contribution >= 0.6 is 0 Å². The molecule has 0 radical (unpaired) electrons. The highest BCUT2D eigenvalue weighted by Crippen LogP contribution is 2.30. The molecule has 1 aliphatic rings. The van der Waals surface area contributed by atoms with Crippen LogP contribution < -0.4 is 10.6 Å². The minimum atomic E-state index is -0.606. The maximum Gasteiger partial charge on any atom is 0.323 e. The molecule has 0 saturated heterocycles. The summed E-state index contributed by atoms with van der Waals surface area (Å²) in [6.45, 7) is 5.42. The molecule has 0 unspecified atom stereocenters. The van der Waals surface area contributed by atoms with Gasteiger partial charge in [-0.1, -0.05) is 18.2 Å². The molecule has 1 heterocycles. The molecule has 0 atom stereocenters. The summed E-state index contributed by atoms with van der Waals surface area (Å²) in [5.74, 6) is -0.660. The molecule has 0 spiro atoms. The van der Waals surface area contributed by atoms with Gasteiger partial charge in [0.15, 0.2) is 0 Å². The Labute approximate surface area is 145 Å². The molecule has 0 aliphatic carbocycles. The van der Waals surface area contributed by atoms with Crippen LogP contribution in [-0.2, 0) is 0 Å². The summed E-state index contributed by atoms with van der Waals surface area (Å²) in [6, 6.07) is 13.3. The number of urea groups is 1. The molecule has 128 valence electrons. The lowest BCUT2D eigenvalue weighted by atomic mass is 10.1. The zero-order valence-corrected chi connectivity index (χ0v) is 14.3. The fraction of sp³-hybridized carbons (Fsp3) is 0.211. The molecule has 0 fully saturated rings. The lowest BCUT2D eigenvalue weighted by Gasteiger charge is -2.29.